The van der Waals surface area contributed by atoms with Gasteiger partial charge >= 0.3 is 5.97 Å². The highest BCUT2D eigenvalue weighted by Crippen LogP contribution is 2.13. The molecule has 7 heteroatoms. The maximum absolute atomic E-state index is 12.2. The number of fused-ring (bicyclic) bond motifs is 1. The molecule has 1 fully saturated rings. The molecule has 1 aromatic carbocycles. The van der Waals surface area contributed by atoms with E-state index in [-0.39, 0.29) is 29.3 Å². The summed E-state index contributed by atoms with van der Waals surface area (Å²) in [6, 6.07) is 7.69. The molecule has 132 valence electrons. The van der Waals surface area contributed by atoms with Crippen LogP contribution in [0.4, 0.5) is 0 Å². The summed E-state index contributed by atoms with van der Waals surface area (Å²) in [5.41, 5.74) is -0.0416. The minimum atomic E-state index is -0.842. The van der Waals surface area contributed by atoms with Gasteiger partial charge in [0.2, 0.25) is 5.76 Å². The molecule has 0 saturated carbocycles. The Morgan fingerprint density at radius 3 is 2.60 bits per heavy atom. The first-order chi connectivity index (χ1) is 11.9. The molecule has 1 aromatic heterocycles. The lowest BCUT2D eigenvalue weighted by Crippen LogP contribution is -2.49. The summed E-state index contributed by atoms with van der Waals surface area (Å²) in [7, 11) is 0. The van der Waals surface area contributed by atoms with Gasteiger partial charge in [0.1, 0.15) is 5.58 Å². The monoisotopic (exact) mass is 345 g/mol. The van der Waals surface area contributed by atoms with Crippen molar-refractivity contribution in [1.82, 2.24) is 4.90 Å². The molecule has 0 spiro atoms. The van der Waals surface area contributed by atoms with Crippen molar-refractivity contribution >= 4 is 22.8 Å². The fourth-order valence-corrected chi connectivity index (χ4v) is 2.88. The summed E-state index contributed by atoms with van der Waals surface area (Å²) < 4.78 is 16.0. The number of rotatable bonds is 3. The normalized spacial score (nSPS) is 20.5. The third-order valence-corrected chi connectivity index (χ3v) is 3.93. The van der Waals surface area contributed by atoms with Crippen molar-refractivity contribution in [2.75, 3.05) is 19.7 Å². The second kappa shape index (κ2) is 7.06. The summed E-state index contributed by atoms with van der Waals surface area (Å²) in [6.45, 7) is 4.25. The Hall–Kier alpha value is -2.67. The Morgan fingerprint density at radius 2 is 1.88 bits per heavy atom. The maximum atomic E-state index is 12.2. The van der Waals surface area contributed by atoms with Gasteiger partial charge in [0, 0.05) is 19.2 Å². The van der Waals surface area contributed by atoms with E-state index in [2.05, 4.69) is 0 Å². The molecule has 0 aliphatic carbocycles. The number of carbonyl (C=O) groups is 2. The minimum absolute atomic E-state index is 0.0677. The van der Waals surface area contributed by atoms with Gasteiger partial charge in [-0.05, 0) is 26.0 Å². The lowest BCUT2D eigenvalue weighted by molar-refractivity contribution is -0.146. The van der Waals surface area contributed by atoms with Gasteiger partial charge in [-0.1, -0.05) is 12.1 Å². The SMILES string of the molecule is C[C@@H]1CN(C(=O)COC(=O)c2cc(=O)c3ccccc3o2)C[C@H](C)O1. The molecule has 1 aliphatic rings. The lowest BCUT2D eigenvalue weighted by Gasteiger charge is -2.35. The smallest absolute Gasteiger partial charge is 0.374 e. The molecule has 1 aliphatic heterocycles. The second-order valence-electron chi connectivity index (χ2n) is 6.10. The van der Waals surface area contributed by atoms with Crippen LogP contribution in [0.5, 0.6) is 0 Å². The van der Waals surface area contributed by atoms with Gasteiger partial charge < -0.3 is 18.8 Å². The molecule has 2 aromatic rings. The molecule has 0 radical (unpaired) electrons. The van der Waals surface area contributed by atoms with Crippen molar-refractivity contribution in [1.29, 1.82) is 0 Å². The zero-order chi connectivity index (χ0) is 18.0. The Morgan fingerprint density at radius 1 is 1.20 bits per heavy atom. The van der Waals surface area contributed by atoms with Crippen molar-refractivity contribution in [2.45, 2.75) is 26.1 Å². The standard InChI is InChI=1S/C18H19NO6/c1-11-8-19(9-12(2)24-11)17(21)10-23-18(22)16-7-14(20)13-5-3-4-6-15(13)25-16/h3-7,11-12H,8-10H2,1-2H3/t11-,12+. The molecule has 0 N–H and O–H groups in total. The lowest BCUT2D eigenvalue weighted by atomic mass is 10.2. The van der Waals surface area contributed by atoms with E-state index in [0.29, 0.717) is 24.1 Å². The third-order valence-electron chi connectivity index (χ3n) is 3.93. The molecule has 2 heterocycles. The predicted molar refractivity (Wildman–Crippen MR) is 89.4 cm³/mol. The first kappa shape index (κ1) is 17.2. The van der Waals surface area contributed by atoms with E-state index in [9.17, 15) is 14.4 Å². The molecule has 0 bridgehead atoms. The van der Waals surface area contributed by atoms with Crippen LogP contribution in [0.15, 0.2) is 39.5 Å². The summed E-state index contributed by atoms with van der Waals surface area (Å²) in [6.07, 6.45) is -0.135. The van der Waals surface area contributed by atoms with Gasteiger partial charge in [0.05, 0.1) is 17.6 Å². The maximum Gasteiger partial charge on any atom is 0.374 e. The highest BCUT2D eigenvalue weighted by Gasteiger charge is 2.26. The molecule has 0 unspecified atom stereocenters. The van der Waals surface area contributed by atoms with Crippen LogP contribution >= 0.6 is 0 Å². The van der Waals surface area contributed by atoms with Gasteiger partial charge in [0.25, 0.3) is 5.91 Å². The Balaban J connectivity index is 1.66. The predicted octanol–water partition coefficient (Wildman–Crippen LogP) is 1.59. The van der Waals surface area contributed by atoms with E-state index in [1.807, 2.05) is 13.8 Å². The molecule has 7 nitrogen and oxygen atoms in total. The van der Waals surface area contributed by atoms with Crippen molar-refractivity contribution in [2.24, 2.45) is 0 Å². The van der Waals surface area contributed by atoms with Crippen LogP contribution in [-0.2, 0) is 14.3 Å². The fraction of sp³-hybridized carbons (Fsp3) is 0.389. The summed E-state index contributed by atoms with van der Waals surface area (Å²) >= 11 is 0. The van der Waals surface area contributed by atoms with Crippen LogP contribution in [0, 0.1) is 0 Å². The number of amides is 1. The quantitative estimate of drug-likeness (QED) is 0.785. The number of hydrogen-bond acceptors (Lipinski definition) is 6. The van der Waals surface area contributed by atoms with Crippen molar-refractivity contribution < 1.29 is 23.5 Å². The van der Waals surface area contributed by atoms with E-state index in [4.69, 9.17) is 13.9 Å². The van der Waals surface area contributed by atoms with Crippen LogP contribution in [0.3, 0.4) is 0 Å². The van der Waals surface area contributed by atoms with Crippen LogP contribution in [-0.4, -0.2) is 48.7 Å². The number of nitrogens with zero attached hydrogens (tertiary/aromatic N) is 1. The number of morpholine rings is 1. The van der Waals surface area contributed by atoms with Crippen molar-refractivity contribution in [3.8, 4) is 0 Å². The van der Waals surface area contributed by atoms with Crippen LogP contribution in [0.1, 0.15) is 24.4 Å². The van der Waals surface area contributed by atoms with Gasteiger partial charge in [-0.25, -0.2) is 4.79 Å². The number of hydrogen-bond donors (Lipinski definition) is 0. The van der Waals surface area contributed by atoms with E-state index in [1.165, 1.54) is 0 Å². The molecular formula is C18H19NO6. The van der Waals surface area contributed by atoms with Gasteiger partial charge in [-0.3, -0.25) is 9.59 Å². The fourth-order valence-electron chi connectivity index (χ4n) is 2.88. The average molecular weight is 345 g/mol. The topological polar surface area (TPSA) is 86.0 Å². The van der Waals surface area contributed by atoms with E-state index in [1.54, 1.807) is 29.2 Å². The Bertz CT molecular complexity index is 848. The van der Waals surface area contributed by atoms with E-state index >= 15 is 0 Å². The first-order valence-corrected chi connectivity index (χ1v) is 8.07. The number of esters is 1. The molecule has 2 atom stereocenters. The van der Waals surface area contributed by atoms with Crippen LogP contribution < -0.4 is 5.43 Å². The number of para-hydroxylation sites is 1. The molecule has 3 rings (SSSR count). The minimum Gasteiger partial charge on any atom is -0.450 e. The number of benzene rings is 1. The summed E-state index contributed by atoms with van der Waals surface area (Å²) in [4.78, 5) is 37.9. The largest absolute Gasteiger partial charge is 0.450 e. The van der Waals surface area contributed by atoms with Crippen molar-refractivity contribution in [3.63, 3.8) is 0 Å². The first-order valence-electron chi connectivity index (χ1n) is 8.07. The molecule has 25 heavy (non-hydrogen) atoms. The van der Waals surface area contributed by atoms with Gasteiger partial charge in [-0.2, -0.15) is 0 Å². The highest BCUT2D eigenvalue weighted by molar-refractivity contribution is 5.90. The van der Waals surface area contributed by atoms with Gasteiger partial charge in [-0.15, -0.1) is 0 Å². The van der Waals surface area contributed by atoms with Gasteiger partial charge in [0.15, 0.2) is 12.0 Å². The summed E-state index contributed by atoms with van der Waals surface area (Å²) in [5, 5.41) is 0.381. The second-order valence-corrected chi connectivity index (χ2v) is 6.10. The van der Waals surface area contributed by atoms with Crippen LogP contribution in [0.25, 0.3) is 11.0 Å². The Kier molecular flexibility index (Phi) is 4.85. The highest BCUT2D eigenvalue weighted by atomic mass is 16.5. The number of ether oxygens (including phenoxy) is 2. The third kappa shape index (κ3) is 3.88. The zero-order valence-electron chi connectivity index (χ0n) is 14.1. The number of carbonyl (C=O) groups excluding carboxylic acids is 2. The van der Waals surface area contributed by atoms with E-state index in [0.717, 1.165) is 6.07 Å². The van der Waals surface area contributed by atoms with Crippen LogP contribution in [0.2, 0.25) is 0 Å². The molecule has 1 saturated heterocycles. The summed E-state index contributed by atoms with van der Waals surface area (Å²) in [5.74, 6) is -1.37. The Labute approximate surface area is 144 Å². The van der Waals surface area contributed by atoms with E-state index < -0.39 is 12.6 Å². The average Bonchev–Trinajstić information content (AvgIpc) is 2.58. The molecule has 1 amide bonds. The zero-order valence-corrected chi connectivity index (χ0v) is 14.1. The van der Waals surface area contributed by atoms with Crippen molar-refractivity contribution in [3.05, 3.63) is 46.3 Å². The molecular weight excluding hydrogens is 326 g/mol.